The van der Waals surface area contributed by atoms with Crippen LogP contribution in [0.2, 0.25) is 0 Å². The van der Waals surface area contributed by atoms with E-state index in [0.717, 1.165) is 0 Å². The molecule has 0 atom stereocenters. The quantitative estimate of drug-likeness (QED) is 0.0750. The Balaban J connectivity index is 4.06. The molecule has 0 saturated heterocycles. The van der Waals surface area contributed by atoms with Crippen molar-refractivity contribution in [3.8, 4) is 0 Å². The van der Waals surface area contributed by atoms with Crippen LogP contribution in [-0.2, 0) is 11.8 Å². The fraction of sp³-hybridized carbons (Fsp3) is 1.00. The van der Waals surface area contributed by atoms with E-state index in [-0.39, 0.29) is 0 Å². The maximum Gasteiger partial charge on any atom is -0.00209 e. The third kappa shape index (κ3) is 24.8. The van der Waals surface area contributed by atoms with Crippen LogP contribution >= 0.6 is 41.3 Å². The summed E-state index contributed by atoms with van der Waals surface area (Å²) in [6.45, 7) is 6.91. The Bertz CT molecular complexity index is 346. The molecule has 0 nitrogen and oxygen atoms in total. The highest BCUT2D eigenvalue weighted by atomic mass is 32.4. The van der Waals surface area contributed by atoms with Crippen molar-refractivity contribution >= 4 is 53.1 Å². The average molecular weight is 541 g/mol. The Morgan fingerprint density at radius 2 is 0.688 bits per heavy atom. The summed E-state index contributed by atoms with van der Waals surface area (Å²) in [6.07, 6.45) is 25.2. The minimum Gasteiger partial charge on any atom is -0.162 e. The van der Waals surface area contributed by atoms with Crippen molar-refractivity contribution in [1.82, 2.24) is 0 Å². The van der Waals surface area contributed by atoms with Gasteiger partial charge in [-0.3, -0.25) is 0 Å². The Labute approximate surface area is 222 Å². The predicted octanol–water partition coefficient (Wildman–Crippen LogP) is 10.6. The highest BCUT2D eigenvalue weighted by Crippen LogP contribution is 2.47. The number of unbranched alkanes of at least 4 members (excludes halogenated alkanes) is 12. The van der Waals surface area contributed by atoms with Crippen LogP contribution < -0.4 is 0 Å². The fourth-order valence-electron chi connectivity index (χ4n) is 3.76. The molecule has 0 heterocycles. The Kier molecular flexibility index (Phi) is 28.7. The molecule has 0 N–H and O–H groups in total. The Hall–Kier alpha value is 1.70. The van der Waals surface area contributed by atoms with E-state index in [0.29, 0.717) is 0 Å². The molecule has 0 saturated carbocycles. The van der Waals surface area contributed by atoms with Gasteiger partial charge < -0.3 is 0 Å². The van der Waals surface area contributed by atoms with Crippen molar-refractivity contribution in [3.05, 3.63) is 0 Å². The zero-order valence-electron chi connectivity index (χ0n) is 22.1. The molecule has 0 aromatic rings. The molecule has 0 unspecified atom stereocenters. The number of thioether (sulfide) groups is 3. The van der Waals surface area contributed by atoms with Crippen molar-refractivity contribution in [2.24, 2.45) is 0 Å². The van der Waals surface area contributed by atoms with Crippen LogP contribution in [0, 0.1) is 0 Å². The SMILES string of the molecule is CCCCCCCSCCP(=S)(CCSCCCCCCC)CCSCCCCCCC. The van der Waals surface area contributed by atoms with Gasteiger partial charge in [-0.05, 0) is 78.3 Å². The van der Waals surface area contributed by atoms with Crippen LogP contribution in [-0.4, -0.2) is 53.0 Å². The normalized spacial score (nSPS) is 12.0. The van der Waals surface area contributed by atoms with E-state index >= 15 is 0 Å². The largest absolute Gasteiger partial charge is 0.162 e. The number of hydrogen-bond acceptors (Lipinski definition) is 4. The van der Waals surface area contributed by atoms with E-state index < -0.39 is 6.04 Å². The summed E-state index contributed by atoms with van der Waals surface area (Å²) >= 11 is 13.0. The first-order valence-electron chi connectivity index (χ1n) is 14.0. The lowest BCUT2D eigenvalue weighted by Gasteiger charge is -2.22. The van der Waals surface area contributed by atoms with E-state index in [1.54, 1.807) is 0 Å². The summed E-state index contributed by atoms with van der Waals surface area (Å²) in [5.74, 6) is 8.06. The first-order chi connectivity index (χ1) is 15.7. The maximum absolute atomic E-state index is 6.38. The van der Waals surface area contributed by atoms with Gasteiger partial charge in [0.2, 0.25) is 0 Å². The molecule has 0 aromatic heterocycles. The molecule has 32 heavy (non-hydrogen) atoms. The van der Waals surface area contributed by atoms with Gasteiger partial charge in [0.05, 0.1) is 0 Å². The lowest BCUT2D eigenvalue weighted by Crippen LogP contribution is -2.07. The van der Waals surface area contributed by atoms with Crippen molar-refractivity contribution in [2.75, 3.05) is 53.0 Å². The lowest BCUT2D eigenvalue weighted by atomic mass is 10.2. The van der Waals surface area contributed by atoms with Gasteiger partial charge in [-0.1, -0.05) is 110 Å². The molecule has 0 aliphatic heterocycles. The highest BCUT2D eigenvalue weighted by Gasteiger charge is 2.16. The van der Waals surface area contributed by atoms with Crippen LogP contribution in [0.5, 0.6) is 0 Å². The first kappa shape index (κ1) is 33.7. The Morgan fingerprint density at radius 3 is 0.969 bits per heavy atom. The third-order valence-corrected chi connectivity index (χ3v) is 15.0. The summed E-state index contributed by atoms with van der Waals surface area (Å²) < 4.78 is 0. The molecule has 0 bridgehead atoms. The molecule has 194 valence electrons. The molecule has 5 heteroatoms. The predicted molar refractivity (Wildman–Crippen MR) is 167 cm³/mol. The molecule has 0 rings (SSSR count). The van der Waals surface area contributed by atoms with E-state index in [9.17, 15) is 0 Å². The summed E-state index contributed by atoms with van der Waals surface area (Å²) in [4.78, 5) is 0. The first-order valence-corrected chi connectivity index (χ1v) is 20.8. The summed E-state index contributed by atoms with van der Waals surface area (Å²) in [7, 11) is 0. The summed E-state index contributed by atoms with van der Waals surface area (Å²) in [6, 6.07) is -1.15. The average Bonchev–Trinajstić information content (AvgIpc) is 2.79. The van der Waals surface area contributed by atoms with Crippen LogP contribution in [0.4, 0.5) is 0 Å². The van der Waals surface area contributed by atoms with Crippen LogP contribution in [0.3, 0.4) is 0 Å². The van der Waals surface area contributed by atoms with Crippen molar-refractivity contribution < 1.29 is 0 Å². The second-order valence-electron chi connectivity index (χ2n) is 9.31. The Morgan fingerprint density at radius 1 is 0.406 bits per heavy atom. The van der Waals surface area contributed by atoms with Gasteiger partial charge in [-0.25, -0.2) is 0 Å². The van der Waals surface area contributed by atoms with Gasteiger partial charge in [0.15, 0.2) is 0 Å². The third-order valence-electron chi connectivity index (χ3n) is 6.11. The van der Waals surface area contributed by atoms with Gasteiger partial charge in [-0.2, -0.15) is 35.3 Å². The number of hydrogen-bond donors (Lipinski definition) is 0. The van der Waals surface area contributed by atoms with Crippen LogP contribution in [0.1, 0.15) is 117 Å². The molecule has 0 amide bonds. The lowest BCUT2D eigenvalue weighted by molar-refractivity contribution is 0.659. The standard InChI is InChI=1S/C27H57PS4/c1-4-7-10-13-16-22-30-25-19-28(29,20-26-31-23-17-14-11-8-5-2)21-27-32-24-18-15-12-9-6-3/h4-27H2,1-3H3. The second kappa shape index (κ2) is 27.3. The van der Waals surface area contributed by atoms with Crippen LogP contribution in [0.15, 0.2) is 0 Å². The molecular formula is C27H57PS4. The maximum atomic E-state index is 6.38. The van der Waals surface area contributed by atoms with Gasteiger partial charge in [0, 0.05) is 0 Å². The second-order valence-corrected chi connectivity index (χ2v) is 18.8. The van der Waals surface area contributed by atoms with Crippen LogP contribution in [0.25, 0.3) is 0 Å². The molecule has 0 radical (unpaired) electrons. The van der Waals surface area contributed by atoms with Crippen molar-refractivity contribution in [3.63, 3.8) is 0 Å². The molecular weight excluding hydrogens is 484 g/mol. The van der Waals surface area contributed by atoms with Gasteiger partial charge >= 0.3 is 0 Å². The minimum atomic E-state index is -1.15. The highest BCUT2D eigenvalue weighted by molar-refractivity contribution is 8.16. The monoisotopic (exact) mass is 540 g/mol. The molecule has 0 fully saturated rings. The van der Waals surface area contributed by atoms with E-state index in [1.807, 2.05) is 0 Å². The number of rotatable bonds is 27. The van der Waals surface area contributed by atoms with Gasteiger partial charge in [0.1, 0.15) is 0 Å². The minimum absolute atomic E-state index is 1.15. The topological polar surface area (TPSA) is 0 Å². The van der Waals surface area contributed by atoms with E-state index in [1.165, 1.54) is 149 Å². The zero-order chi connectivity index (χ0) is 23.6. The van der Waals surface area contributed by atoms with Gasteiger partial charge in [0.25, 0.3) is 0 Å². The van der Waals surface area contributed by atoms with Gasteiger partial charge in [-0.15, -0.1) is 0 Å². The smallest absolute Gasteiger partial charge is 0.00209 e. The molecule has 0 aliphatic carbocycles. The molecule has 0 spiro atoms. The van der Waals surface area contributed by atoms with E-state index in [2.05, 4.69) is 56.1 Å². The zero-order valence-corrected chi connectivity index (χ0v) is 26.2. The molecule has 0 aromatic carbocycles. The fourth-order valence-corrected chi connectivity index (χ4v) is 13.8. The summed E-state index contributed by atoms with van der Waals surface area (Å²) in [5.41, 5.74) is 0. The van der Waals surface area contributed by atoms with Crippen molar-refractivity contribution in [2.45, 2.75) is 117 Å². The van der Waals surface area contributed by atoms with Crippen molar-refractivity contribution in [1.29, 1.82) is 0 Å². The molecule has 0 aliphatic rings. The summed E-state index contributed by atoms with van der Waals surface area (Å²) in [5, 5.41) is 0. The van der Waals surface area contributed by atoms with E-state index in [4.69, 9.17) is 11.8 Å².